The molecule has 1 fully saturated rings. The summed E-state index contributed by atoms with van der Waals surface area (Å²) in [5.41, 5.74) is 0. The molecule has 2 rings (SSSR count). The van der Waals surface area contributed by atoms with Crippen molar-refractivity contribution in [2.75, 3.05) is 18.5 Å². The average molecular weight is 361 g/mol. The van der Waals surface area contributed by atoms with Crippen LogP contribution in [0.1, 0.15) is 25.7 Å². The van der Waals surface area contributed by atoms with E-state index in [9.17, 15) is 4.79 Å². The van der Waals surface area contributed by atoms with E-state index in [1.165, 1.54) is 12.8 Å². The molecule has 0 saturated carbocycles. The van der Waals surface area contributed by atoms with E-state index in [2.05, 4.69) is 15.9 Å². The summed E-state index contributed by atoms with van der Waals surface area (Å²) < 4.78 is 5.54. The maximum atomic E-state index is 12.3. The second kappa shape index (κ2) is 7.89. The van der Waals surface area contributed by atoms with Crippen molar-refractivity contribution in [2.45, 2.75) is 31.7 Å². The molecule has 0 radical (unpaired) electrons. The predicted molar refractivity (Wildman–Crippen MR) is 84.7 cm³/mol. The van der Waals surface area contributed by atoms with Gasteiger partial charge < -0.3 is 9.64 Å². The Kier molecular flexibility index (Phi) is 6.17. The fourth-order valence-electron chi connectivity index (χ4n) is 2.42. The van der Waals surface area contributed by atoms with Crippen molar-refractivity contribution in [3.05, 3.63) is 29.3 Å². The number of hydrogen-bond acceptors (Lipinski definition) is 2. The van der Waals surface area contributed by atoms with Gasteiger partial charge in [-0.2, -0.15) is 0 Å². The van der Waals surface area contributed by atoms with Gasteiger partial charge in [0.1, 0.15) is 5.75 Å². The highest BCUT2D eigenvalue weighted by Crippen LogP contribution is 2.19. The molecular weight excluding hydrogens is 342 g/mol. The van der Waals surface area contributed by atoms with Gasteiger partial charge in [-0.15, -0.1) is 0 Å². The quantitative estimate of drug-likeness (QED) is 0.763. The number of ether oxygens (including phenoxy) is 1. The zero-order chi connectivity index (χ0) is 14.4. The molecule has 1 saturated heterocycles. The van der Waals surface area contributed by atoms with Gasteiger partial charge in [-0.25, -0.2) is 0 Å². The minimum Gasteiger partial charge on any atom is -0.484 e. The third-order valence-corrected chi connectivity index (χ3v) is 4.55. The Labute approximate surface area is 133 Å². The van der Waals surface area contributed by atoms with Gasteiger partial charge in [0.15, 0.2) is 6.61 Å². The molecule has 0 N–H and O–H groups in total. The van der Waals surface area contributed by atoms with Crippen molar-refractivity contribution < 1.29 is 9.53 Å². The first-order valence-corrected chi connectivity index (χ1v) is 8.44. The number of carbonyl (C=O) groups excluding carboxylic acids is 1. The molecule has 1 atom stereocenters. The van der Waals surface area contributed by atoms with Crippen LogP contribution in [0.3, 0.4) is 0 Å². The summed E-state index contributed by atoms with van der Waals surface area (Å²) in [5, 5.41) is 1.50. The van der Waals surface area contributed by atoms with Crippen molar-refractivity contribution in [2.24, 2.45) is 0 Å². The van der Waals surface area contributed by atoms with Gasteiger partial charge in [0, 0.05) is 22.9 Å². The molecule has 0 aromatic heterocycles. The number of carbonyl (C=O) groups is 1. The third kappa shape index (κ3) is 4.38. The summed E-state index contributed by atoms with van der Waals surface area (Å²) in [6.45, 7) is 0.921. The van der Waals surface area contributed by atoms with Gasteiger partial charge >= 0.3 is 0 Å². The normalized spacial score (nSPS) is 19.5. The zero-order valence-corrected chi connectivity index (χ0v) is 13.7. The van der Waals surface area contributed by atoms with E-state index in [4.69, 9.17) is 16.3 Å². The van der Waals surface area contributed by atoms with E-state index in [1.54, 1.807) is 24.3 Å². The number of halogens is 2. The number of rotatable bonds is 4. The number of likely N-dealkylation sites (tertiary alicyclic amines) is 1. The predicted octanol–water partition coefficient (Wildman–Crippen LogP) is 3.88. The van der Waals surface area contributed by atoms with E-state index in [-0.39, 0.29) is 12.5 Å². The highest BCUT2D eigenvalue weighted by molar-refractivity contribution is 9.09. The summed E-state index contributed by atoms with van der Waals surface area (Å²) in [4.78, 5) is 14.3. The van der Waals surface area contributed by atoms with Crippen LogP contribution >= 0.6 is 27.5 Å². The first-order chi connectivity index (χ1) is 9.70. The first kappa shape index (κ1) is 15.6. The first-order valence-electron chi connectivity index (χ1n) is 6.94. The van der Waals surface area contributed by atoms with E-state index < -0.39 is 0 Å². The van der Waals surface area contributed by atoms with Crippen LogP contribution in [0.25, 0.3) is 0 Å². The van der Waals surface area contributed by atoms with Gasteiger partial charge in [0.2, 0.25) is 0 Å². The van der Waals surface area contributed by atoms with Crippen LogP contribution in [0.2, 0.25) is 5.02 Å². The smallest absolute Gasteiger partial charge is 0.260 e. The summed E-state index contributed by atoms with van der Waals surface area (Å²) in [5.74, 6) is 0.735. The Balaban J connectivity index is 1.90. The fraction of sp³-hybridized carbons (Fsp3) is 0.533. The number of alkyl halides is 1. The van der Waals surface area contributed by atoms with Crippen LogP contribution in [0.15, 0.2) is 24.3 Å². The zero-order valence-electron chi connectivity index (χ0n) is 11.4. The largest absolute Gasteiger partial charge is 0.484 e. The van der Waals surface area contributed by atoms with Gasteiger partial charge in [-0.1, -0.05) is 40.4 Å². The molecule has 3 nitrogen and oxygen atoms in total. The van der Waals surface area contributed by atoms with Gasteiger partial charge in [0.05, 0.1) is 0 Å². The number of benzene rings is 1. The number of amides is 1. The van der Waals surface area contributed by atoms with Crippen LogP contribution in [0.4, 0.5) is 0 Å². The molecule has 110 valence electrons. The molecule has 1 aromatic carbocycles. The Hall–Kier alpha value is -0.740. The van der Waals surface area contributed by atoms with Gasteiger partial charge in [-0.05, 0) is 37.1 Å². The Morgan fingerprint density at radius 3 is 2.75 bits per heavy atom. The fourth-order valence-corrected chi connectivity index (χ4v) is 3.22. The van der Waals surface area contributed by atoms with Crippen molar-refractivity contribution in [3.63, 3.8) is 0 Å². The molecule has 1 aliphatic heterocycles. The Morgan fingerprint density at radius 1 is 1.30 bits per heavy atom. The summed E-state index contributed by atoms with van der Waals surface area (Å²) in [7, 11) is 0. The second-order valence-corrected chi connectivity index (χ2v) is 6.07. The SMILES string of the molecule is O=C(COc1ccc(Cl)cc1)N1CCCCCC1CBr. The molecule has 0 spiro atoms. The van der Waals surface area contributed by atoms with E-state index >= 15 is 0 Å². The van der Waals surface area contributed by atoms with Crippen molar-refractivity contribution >= 4 is 33.4 Å². The molecule has 20 heavy (non-hydrogen) atoms. The maximum Gasteiger partial charge on any atom is 0.260 e. The highest BCUT2D eigenvalue weighted by Gasteiger charge is 2.24. The maximum absolute atomic E-state index is 12.3. The van der Waals surface area contributed by atoms with Crippen LogP contribution in [-0.2, 0) is 4.79 Å². The lowest BCUT2D eigenvalue weighted by molar-refractivity contribution is -0.135. The van der Waals surface area contributed by atoms with E-state index in [1.807, 2.05) is 4.90 Å². The second-order valence-electron chi connectivity index (χ2n) is 4.99. The summed E-state index contributed by atoms with van der Waals surface area (Å²) in [6, 6.07) is 7.36. The van der Waals surface area contributed by atoms with Crippen LogP contribution in [0, 0.1) is 0 Å². The third-order valence-electron chi connectivity index (χ3n) is 3.55. The monoisotopic (exact) mass is 359 g/mol. The lowest BCUT2D eigenvalue weighted by atomic mass is 10.1. The lowest BCUT2D eigenvalue weighted by Crippen LogP contribution is -2.43. The average Bonchev–Trinajstić information content (AvgIpc) is 2.71. The Bertz CT molecular complexity index is 438. The van der Waals surface area contributed by atoms with Crippen LogP contribution < -0.4 is 4.74 Å². The minimum atomic E-state index is 0.0614. The van der Waals surface area contributed by atoms with E-state index in [0.717, 1.165) is 24.7 Å². The molecule has 0 bridgehead atoms. The Morgan fingerprint density at radius 2 is 2.05 bits per heavy atom. The molecule has 0 aliphatic carbocycles. The van der Waals surface area contributed by atoms with Crippen LogP contribution in [-0.4, -0.2) is 35.3 Å². The van der Waals surface area contributed by atoms with Crippen molar-refractivity contribution in [3.8, 4) is 5.75 Å². The van der Waals surface area contributed by atoms with Crippen molar-refractivity contribution in [1.82, 2.24) is 4.90 Å². The number of nitrogens with zero attached hydrogens (tertiary/aromatic N) is 1. The molecule has 1 aliphatic rings. The van der Waals surface area contributed by atoms with Crippen molar-refractivity contribution in [1.29, 1.82) is 0 Å². The number of hydrogen-bond donors (Lipinski definition) is 0. The minimum absolute atomic E-state index is 0.0614. The van der Waals surface area contributed by atoms with Gasteiger partial charge in [-0.3, -0.25) is 4.79 Å². The summed E-state index contributed by atoms with van der Waals surface area (Å²) in [6.07, 6.45) is 4.54. The van der Waals surface area contributed by atoms with Gasteiger partial charge in [0.25, 0.3) is 5.91 Å². The molecule has 1 heterocycles. The van der Waals surface area contributed by atoms with E-state index in [0.29, 0.717) is 16.8 Å². The molecule has 1 unspecified atom stereocenters. The summed E-state index contributed by atoms with van der Waals surface area (Å²) >= 11 is 9.33. The topological polar surface area (TPSA) is 29.5 Å². The molecule has 5 heteroatoms. The standard InChI is InChI=1S/C15H19BrClNO2/c16-10-13-4-2-1-3-9-18(13)15(19)11-20-14-7-5-12(17)6-8-14/h5-8,13H,1-4,9-11H2. The molecular formula is C15H19BrClNO2. The molecule has 1 aromatic rings. The van der Waals surface area contributed by atoms with Crippen LogP contribution in [0.5, 0.6) is 5.75 Å². The highest BCUT2D eigenvalue weighted by atomic mass is 79.9. The molecule has 1 amide bonds. The lowest BCUT2D eigenvalue weighted by Gasteiger charge is -2.28.